The summed E-state index contributed by atoms with van der Waals surface area (Å²) in [6, 6.07) is 13.3. The maximum atomic E-state index is 9.23. The van der Waals surface area contributed by atoms with E-state index in [9.17, 15) is 5.11 Å². The van der Waals surface area contributed by atoms with Gasteiger partial charge in [0.25, 0.3) is 0 Å². The van der Waals surface area contributed by atoms with Gasteiger partial charge in [-0.15, -0.1) is 0 Å². The van der Waals surface area contributed by atoms with E-state index >= 15 is 0 Å². The molecule has 0 spiro atoms. The maximum absolute atomic E-state index is 9.23. The van der Waals surface area contributed by atoms with Gasteiger partial charge in [-0.3, -0.25) is 9.80 Å². The summed E-state index contributed by atoms with van der Waals surface area (Å²) in [5, 5.41) is 14.3. The molecule has 1 aliphatic carbocycles. The first-order valence-corrected chi connectivity index (χ1v) is 14.1. The highest BCUT2D eigenvalue weighted by molar-refractivity contribution is 6.33. The minimum atomic E-state index is 0.229. The molecule has 6 rings (SSSR count). The quantitative estimate of drug-likeness (QED) is 0.262. The van der Waals surface area contributed by atoms with Gasteiger partial charge in [0.2, 0.25) is 5.95 Å². The van der Waals surface area contributed by atoms with Crippen molar-refractivity contribution in [3.63, 3.8) is 0 Å². The Labute approximate surface area is 228 Å². The molecule has 0 radical (unpaired) electrons. The largest absolute Gasteiger partial charge is 0.395 e. The van der Waals surface area contributed by atoms with Crippen molar-refractivity contribution in [2.45, 2.75) is 38.6 Å². The number of hydrogen-bond donors (Lipinski definition) is 3. The zero-order valence-corrected chi connectivity index (χ0v) is 22.6. The third kappa shape index (κ3) is 5.57. The van der Waals surface area contributed by atoms with Crippen molar-refractivity contribution in [3.05, 3.63) is 70.5 Å². The summed E-state index contributed by atoms with van der Waals surface area (Å²) in [5.74, 6) is 1.19. The van der Waals surface area contributed by atoms with Crippen molar-refractivity contribution in [1.82, 2.24) is 24.8 Å². The number of rotatable bonds is 9. The average Bonchev–Trinajstić information content (AvgIpc) is 3.70. The van der Waals surface area contributed by atoms with E-state index in [1.165, 1.54) is 29.5 Å². The Morgan fingerprint density at radius 1 is 1.05 bits per heavy atom. The molecule has 3 N–H and O–H groups in total. The summed E-state index contributed by atoms with van der Waals surface area (Å²) in [6.07, 6.45) is 7.17. The topological polar surface area (TPSA) is 80.3 Å². The standard InChI is InChI=1S/C30H35ClN6O/c1-2-20-3-6-25-26(17-32-28(25)15-20)29-27(31)18-33-30(35-29)34-24-14-21(13-23(16-24)22-4-5-22)19-37-9-7-36(8-10-37)11-12-38/h3,6,13-18,22,32,38H,2,4-5,7-12,19H2,1H3,(H,33,34,35). The number of aromatic nitrogens is 3. The van der Waals surface area contributed by atoms with Crippen LogP contribution in [0.25, 0.3) is 22.2 Å². The molecule has 0 unspecified atom stereocenters. The van der Waals surface area contributed by atoms with E-state index in [1.54, 1.807) is 6.20 Å². The monoisotopic (exact) mass is 530 g/mol. The molecule has 7 nitrogen and oxygen atoms in total. The molecule has 2 aromatic carbocycles. The Bertz CT molecular complexity index is 1420. The average molecular weight is 531 g/mol. The minimum Gasteiger partial charge on any atom is -0.395 e. The van der Waals surface area contributed by atoms with Crippen molar-refractivity contribution in [2.24, 2.45) is 0 Å². The number of anilines is 2. The summed E-state index contributed by atoms with van der Waals surface area (Å²) in [7, 11) is 0. The first kappa shape index (κ1) is 25.3. The molecule has 2 aliphatic rings. The van der Waals surface area contributed by atoms with Gasteiger partial charge >= 0.3 is 0 Å². The van der Waals surface area contributed by atoms with Crippen LogP contribution in [0.5, 0.6) is 0 Å². The molecule has 2 fully saturated rings. The Morgan fingerprint density at radius 3 is 2.63 bits per heavy atom. The fourth-order valence-electron chi connectivity index (χ4n) is 5.44. The minimum absolute atomic E-state index is 0.229. The number of fused-ring (bicyclic) bond motifs is 1. The van der Waals surface area contributed by atoms with Crippen molar-refractivity contribution in [1.29, 1.82) is 0 Å². The number of β-amino-alcohol motifs (C(OH)–C–C–N with tert-alkyl or cyclic N) is 1. The summed E-state index contributed by atoms with van der Waals surface area (Å²) >= 11 is 6.60. The van der Waals surface area contributed by atoms with Crippen molar-refractivity contribution >= 4 is 34.1 Å². The molecule has 38 heavy (non-hydrogen) atoms. The Hall–Kier alpha value is -2.97. The van der Waals surface area contributed by atoms with Gasteiger partial charge in [0.1, 0.15) is 0 Å². The molecule has 2 aromatic heterocycles. The summed E-state index contributed by atoms with van der Waals surface area (Å²) in [5.41, 5.74) is 7.79. The van der Waals surface area contributed by atoms with Crippen LogP contribution in [0.2, 0.25) is 5.02 Å². The lowest BCUT2D eigenvalue weighted by atomic mass is 10.0. The molecule has 8 heteroatoms. The van der Waals surface area contributed by atoms with Crippen LogP contribution in [-0.2, 0) is 13.0 Å². The maximum Gasteiger partial charge on any atom is 0.227 e. The molecule has 0 bridgehead atoms. The van der Waals surface area contributed by atoms with Gasteiger partial charge in [-0.05, 0) is 60.1 Å². The first-order valence-electron chi connectivity index (χ1n) is 13.7. The molecule has 1 saturated carbocycles. The van der Waals surface area contributed by atoms with Crippen molar-refractivity contribution in [2.75, 3.05) is 44.6 Å². The number of nitrogens with one attached hydrogen (secondary N) is 2. The highest BCUT2D eigenvalue weighted by Crippen LogP contribution is 2.42. The molecular formula is C30H35ClN6O. The van der Waals surface area contributed by atoms with Gasteiger partial charge < -0.3 is 15.4 Å². The van der Waals surface area contributed by atoms with Crippen LogP contribution in [-0.4, -0.2) is 69.2 Å². The van der Waals surface area contributed by atoms with E-state index in [2.05, 4.69) is 68.4 Å². The molecule has 198 valence electrons. The number of H-pyrrole nitrogens is 1. The van der Waals surface area contributed by atoms with Crippen LogP contribution in [0.3, 0.4) is 0 Å². The van der Waals surface area contributed by atoms with Gasteiger partial charge in [0, 0.05) is 67.6 Å². The fraction of sp³-hybridized carbons (Fsp3) is 0.400. The van der Waals surface area contributed by atoms with E-state index in [0.29, 0.717) is 16.9 Å². The lowest BCUT2D eigenvalue weighted by Crippen LogP contribution is -2.46. The zero-order chi connectivity index (χ0) is 26.1. The lowest BCUT2D eigenvalue weighted by molar-refractivity contribution is 0.108. The molecule has 1 saturated heterocycles. The molecule has 0 amide bonds. The van der Waals surface area contributed by atoms with Crippen molar-refractivity contribution in [3.8, 4) is 11.3 Å². The molecule has 1 aliphatic heterocycles. The van der Waals surface area contributed by atoms with E-state index in [1.807, 2.05) is 6.20 Å². The molecule has 4 aromatic rings. The fourth-order valence-corrected chi connectivity index (χ4v) is 5.63. The molecule has 3 heterocycles. The summed E-state index contributed by atoms with van der Waals surface area (Å²) in [4.78, 5) is 17.6. The van der Waals surface area contributed by atoms with E-state index in [4.69, 9.17) is 16.6 Å². The van der Waals surface area contributed by atoms with Crippen LogP contribution in [0.4, 0.5) is 11.6 Å². The highest BCUT2D eigenvalue weighted by atomic mass is 35.5. The number of halogens is 1. The second kappa shape index (κ2) is 11.0. The van der Waals surface area contributed by atoms with Crippen LogP contribution in [0.15, 0.2) is 48.8 Å². The first-order chi connectivity index (χ1) is 18.6. The van der Waals surface area contributed by atoms with Gasteiger partial charge in [0.05, 0.1) is 23.5 Å². The number of aliphatic hydroxyl groups excluding tert-OH is 1. The zero-order valence-electron chi connectivity index (χ0n) is 21.9. The number of nitrogens with zero attached hydrogens (tertiary/aromatic N) is 4. The van der Waals surface area contributed by atoms with Crippen molar-refractivity contribution < 1.29 is 5.11 Å². The van der Waals surface area contributed by atoms with E-state index in [0.717, 1.165) is 73.5 Å². The van der Waals surface area contributed by atoms with Gasteiger partial charge in [-0.2, -0.15) is 0 Å². The van der Waals surface area contributed by atoms with Gasteiger partial charge in [-0.1, -0.05) is 36.7 Å². The van der Waals surface area contributed by atoms with Gasteiger partial charge in [-0.25, -0.2) is 9.97 Å². The smallest absolute Gasteiger partial charge is 0.227 e. The number of aliphatic hydroxyl groups is 1. The Balaban J connectivity index is 1.24. The third-order valence-corrected chi connectivity index (χ3v) is 8.04. The van der Waals surface area contributed by atoms with Crippen LogP contribution >= 0.6 is 11.6 Å². The third-order valence-electron chi connectivity index (χ3n) is 7.76. The number of hydrogen-bond acceptors (Lipinski definition) is 6. The second-order valence-electron chi connectivity index (χ2n) is 10.5. The summed E-state index contributed by atoms with van der Waals surface area (Å²) in [6.45, 7) is 8.12. The van der Waals surface area contributed by atoms with Crippen LogP contribution in [0, 0.1) is 0 Å². The second-order valence-corrected chi connectivity index (χ2v) is 10.9. The lowest BCUT2D eigenvalue weighted by Gasteiger charge is -2.34. The number of piperazine rings is 1. The molecule has 0 atom stereocenters. The SMILES string of the molecule is CCc1ccc2c(-c3nc(Nc4cc(CN5CCN(CCO)CC5)cc(C5CC5)c4)ncc3Cl)c[nH]c2c1. The Kier molecular flexibility index (Phi) is 7.34. The number of aryl methyl sites for hydroxylation is 1. The number of benzene rings is 2. The van der Waals surface area contributed by atoms with Gasteiger partial charge in [0.15, 0.2) is 0 Å². The Morgan fingerprint density at radius 2 is 1.87 bits per heavy atom. The number of aromatic amines is 1. The molecular weight excluding hydrogens is 496 g/mol. The summed E-state index contributed by atoms with van der Waals surface area (Å²) < 4.78 is 0. The van der Waals surface area contributed by atoms with E-state index in [-0.39, 0.29) is 6.61 Å². The predicted octanol–water partition coefficient (Wildman–Crippen LogP) is 5.57. The van der Waals surface area contributed by atoms with E-state index < -0.39 is 0 Å². The predicted molar refractivity (Wildman–Crippen MR) is 154 cm³/mol. The van der Waals surface area contributed by atoms with Crippen LogP contribution < -0.4 is 5.32 Å². The normalized spacial score (nSPS) is 16.8. The highest BCUT2D eigenvalue weighted by Gasteiger charge is 2.25. The van der Waals surface area contributed by atoms with Crippen LogP contribution in [0.1, 0.15) is 42.4 Å².